The SMILES string of the molecule is Oc1ccc2ccccc2c1-c1c(OCc2ccccc2)ccc2ccccc12.[CH3][Ga][CH3]. The third-order valence-electron chi connectivity index (χ3n) is 5.28. The van der Waals surface area contributed by atoms with Gasteiger partial charge in [-0.2, -0.15) is 0 Å². The third kappa shape index (κ3) is 4.69. The van der Waals surface area contributed by atoms with E-state index < -0.39 is 0 Å². The molecule has 1 N–H and O–H groups in total. The van der Waals surface area contributed by atoms with Crippen LogP contribution < -0.4 is 4.74 Å². The first-order valence-electron chi connectivity index (χ1n) is 10.9. The van der Waals surface area contributed by atoms with Crippen molar-refractivity contribution in [3.05, 3.63) is 109 Å². The molecule has 0 aliphatic heterocycles. The molecular weight excluding hydrogens is 450 g/mol. The summed E-state index contributed by atoms with van der Waals surface area (Å²) >= 11 is 0.312. The first-order chi connectivity index (χ1) is 15.7. The zero-order valence-electron chi connectivity index (χ0n) is 18.5. The molecule has 32 heavy (non-hydrogen) atoms. The number of phenols is 1. The number of benzene rings is 5. The van der Waals surface area contributed by atoms with Crippen LogP contribution in [-0.2, 0) is 6.61 Å². The van der Waals surface area contributed by atoms with Gasteiger partial charge in [-0.15, -0.1) is 0 Å². The molecule has 0 fully saturated rings. The van der Waals surface area contributed by atoms with Crippen molar-refractivity contribution in [2.45, 2.75) is 17.6 Å². The summed E-state index contributed by atoms with van der Waals surface area (Å²) in [7, 11) is 0. The maximum absolute atomic E-state index is 10.9. The Balaban J connectivity index is 0.000000775. The van der Waals surface area contributed by atoms with Crippen molar-refractivity contribution in [1.29, 1.82) is 0 Å². The van der Waals surface area contributed by atoms with Crippen LogP contribution in [-0.4, -0.2) is 22.5 Å². The normalized spacial score (nSPS) is 10.4. The van der Waals surface area contributed by atoms with Crippen LogP contribution in [0.15, 0.2) is 103 Å². The molecule has 0 aliphatic carbocycles. The molecular formula is C29H26GaO2. The van der Waals surface area contributed by atoms with E-state index in [2.05, 4.69) is 47.4 Å². The minimum atomic E-state index is 0.254. The topological polar surface area (TPSA) is 29.5 Å². The Morgan fingerprint density at radius 1 is 0.625 bits per heavy atom. The summed E-state index contributed by atoms with van der Waals surface area (Å²) in [6, 6.07) is 34.3. The molecule has 0 heterocycles. The predicted molar refractivity (Wildman–Crippen MR) is 137 cm³/mol. The number of aromatic hydroxyl groups is 1. The molecule has 3 heteroatoms. The van der Waals surface area contributed by atoms with Crippen LogP contribution >= 0.6 is 0 Å². The van der Waals surface area contributed by atoms with E-state index in [1.807, 2.05) is 60.7 Å². The van der Waals surface area contributed by atoms with Gasteiger partial charge in [0.15, 0.2) is 0 Å². The number of rotatable bonds is 4. The summed E-state index contributed by atoms with van der Waals surface area (Å²) in [6.45, 7) is 0.470. The Hall–Kier alpha value is -3.14. The van der Waals surface area contributed by atoms with Crippen LogP contribution in [0.1, 0.15) is 5.56 Å². The van der Waals surface area contributed by atoms with E-state index in [1.54, 1.807) is 6.07 Å². The van der Waals surface area contributed by atoms with Gasteiger partial charge in [-0.3, -0.25) is 0 Å². The monoisotopic (exact) mass is 475 g/mol. The minimum absolute atomic E-state index is 0.254. The van der Waals surface area contributed by atoms with Gasteiger partial charge in [-0.25, -0.2) is 0 Å². The quantitative estimate of drug-likeness (QED) is 0.269. The van der Waals surface area contributed by atoms with Crippen molar-refractivity contribution in [2.75, 3.05) is 0 Å². The Morgan fingerprint density at radius 2 is 1.16 bits per heavy atom. The van der Waals surface area contributed by atoms with Crippen LogP contribution in [0.5, 0.6) is 11.5 Å². The van der Waals surface area contributed by atoms with Crippen LogP contribution in [0.3, 0.4) is 0 Å². The van der Waals surface area contributed by atoms with Gasteiger partial charge in [0.1, 0.15) is 18.1 Å². The number of hydrogen-bond acceptors (Lipinski definition) is 2. The molecule has 0 unspecified atom stereocenters. The summed E-state index contributed by atoms with van der Waals surface area (Å²) < 4.78 is 6.28. The van der Waals surface area contributed by atoms with Gasteiger partial charge in [-0.1, -0.05) is 91.0 Å². The van der Waals surface area contributed by atoms with Crippen molar-refractivity contribution < 1.29 is 9.84 Å². The molecule has 5 rings (SSSR count). The summed E-state index contributed by atoms with van der Waals surface area (Å²) in [4.78, 5) is 0. The first-order valence-corrected chi connectivity index (χ1v) is 15.7. The fourth-order valence-electron chi connectivity index (χ4n) is 3.89. The fraction of sp³-hybridized carbons (Fsp3) is 0.103. The van der Waals surface area contributed by atoms with Crippen molar-refractivity contribution in [3.8, 4) is 22.6 Å². The number of hydrogen-bond donors (Lipinski definition) is 1. The molecule has 5 aromatic carbocycles. The predicted octanol–water partition coefficient (Wildman–Crippen LogP) is 7.73. The summed E-state index contributed by atoms with van der Waals surface area (Å²) in [5, 5.41) is 15.1. The molecule has 5 aromatic rings. The van der Waals surface area contributed by atoms with E-state index in [0.717, 1.165) is 44.0 Å². The van der Waals surface area contributed by atoms with Crippen LogP contribution in [0, 0.1) is 0 Å². The van der Waals surface area contributed by atoms with E-state index in [4.69, 9.17) is 4.74 Å². The van der Waals surface area contributed by atoms with Gasteiger partial charge in [0, 0.05) is 11.1 Å². The van der Waals surface area contributed by atoms with Gasteiger partial charge in [-0.05, 0) is 39.2 Å². The fourth-order valence-corrected chi connectivity index (χ4v) is 3.89. The van der Waals surface area contributed by atoms with Crippen molar-refractivity contribution >= 4 is 39.0 Å². The van der Waals surface area contributed by atoms with Gasteiger partial charge in [0.05, 0.1) is 0 Å². The molecule has 0 aliphatic rings. The van der Waals surface area contributed by atoms with Crippen LogP contribution in [0.2, 0.25) is 11.0 Å². The average molecular weight is 476 g/mol. The number of ether oxygens (including phenoxy) is 1. The van der Waals surface area contributed by atoms with Crippen LogP contribution in [0.25, 0.3) is 32.7 Å². The Morgan fingerprint density at radius 3 is 1.81 bits per heavy atom. The van der Waals surface area contributed by atoms with Crippen molar-refractivity contribution in [2.24, 2.45) is 0 Å². The molecule has 0 aromatic heterocycles. The number of phenolic OH excluding ortho intramolecular Hbond substituents is 1. The van der Waals surface area contributed by atoms with E-state index >= 15 is 0 Å². The standard InChI is InChI=1S/C27H20O2.2CH3.Ga/c28-24-16-14-20-10-4-6-12-22(20)26(24)27-23-13-7-5-11-21(23)15-17-25(27)29-18-19-8-2-1-3-9-19;;;/h1-17,28H,18H2;2*1H3;. The Kier molecular flexibility index (Phi) is 7.20. The molecule has 0 amide bonds. The summed E-state index contributed by atoms with van der Waals surface area (Å²) in [5.74, 6) is 1.02. The Labute approximate surface area is 197 Å². The average Bonchev–Trinajstić information content (AvgIpc) is 2.84. The second-order valence-corrected chi connectivity index (χ2v) is 10.1. The maximum atomic E-state index is 10.9. The van der Waals surface area contributed by atoms with E-state index in [9.17, 15) is 5.11 Å². The Bertz CT molecular complexity index is 1330. The molecule has 0 atom stereocenters. The number of fused-ring (bicyclic) bond motifs is 2. The van der Waals surface area contributed by atoms with Gasteiger partial charge >= 0.3 is 28.4 Å². The molecule has 0 saturated heterocycles. The summed E-state index contributed by atoms with van der Waals surface area (Å²) in [5.41, 5.74) is 7.40. The second-order valence-electron chi connectivity index (χ2n) is 7.69. The zero-order valence-corrected chi connectivity index (χ0v) is 20.9. The molecule has 1 radical (unpaired) electrons. The molecule has 0 spiro atoms. The van der Waals surface area contributed by atoms with E-state index in [1.165, 1.54) is 0 Å². The van der Waals surface area contributed by atoms with E-state index in [-0.39, 0.29) is 5.75 Å². The molecule has 157 valence electrons. The third-order valence-corrected chi connectivity index (χ3v) is 5.28. The molecule has 2 nitrogen and oxygen atoms in total. The van der Waals surface area contributed by atoms with Gasteiger partial charge in [0.2, 0.25) is 0 Å². The first kappa shape index (κ1) is 22.1. The zero-order chi connectivity index (χ0) is 22.3. The van der Waals surface area contributed by atoms with E-state index in [0.29, 0.717) is 24.0 Å². The summed E-state index contributed by atoms with van der Waals surface area (Å²) in [6.07, 6.45) is 0. The second kappa shape index (κ2) is 10.4. The molecule has 0 saturated carbocycles. The van der Waals surface area contributed by atoms with Gasteiger partial charge in [0.25, 0.3) is 0 Å². The molecule has 0 bridgehead atoms. The van der Waals surface area contributed by atoms with Crippen LogP contribution in [0.4, 0.5) is 0 Å². The van der Waals surface area contributed by atoms with Crippen molar-refractivity contribution in [1.82, 2.24) is 0 Å². The van der Waals surface area contributed by atoms with Gasteiger partial charge < -0.3 is 9.84 Å². The van der Waals surface area contributed by atoms with Crippen molar-refractivity contribution in [3.63, 3.8) is 0 Å².